The van der Waals surface area contributed by atoms with Crippen molar-refractivity contribution in [2.45, 2.75) is 25.3 Å². The number of rotatable bonds is 5. The minimum Gasteiger partial charge on any atom is -0.493 e. The Bertz CT molecular complexity index is 421. The van der Waals surface area contributed by atoms with Crippen molar-refractivity contribution >= 4 is 5.91 Å². The Hall–Kier alpha value is -1.62. The van der Waals surface area contributed by atoms with E-state index in [2.05, 4.69) is 0 Å². The van der Waals surface area contributed by atoms with Crippen LogP contribution in [0.3, 0.4) is 0 Å². The second-order valence-electron chi connectivity index (χ2n) is 4.62. The molecular formula is C14H18FNO3. The van der Waals surface area contributed by atoms with Crippen LogP contribution in [0.15, 0.2) is 24.3 Å². The van der Waals surface area contributed by atoms with Crippen molar-refractivity contribution in [2.75, 3.05) is 19.8 Å². The summed E-state index contributed by atoms with van der Waals surface area (Å²) in [5.41, 5.74) is 0. The summed E-state index contributed by atoms with van der Waals surface area (Å²) in [7, 11) is 0. The molecule has 5 heteroatoms. The minimum atomic E-state index is -0.314. The van der Waals surface area contributed by atoms with Gasteiger partial charge in [-0.2, -0.15) is 0 Å². The number of aliphatic hydroxyl groups excluding tert-OH is 1. The number of hydrogen-bond acceptors (Lipinski definition) is 3. The maximum atomic E-state index is 12.7. The molecular weight excluding hydrogens is 249 g/mol. The molecule has 1 unspecified atom stereocenters. The van der Waals surface area contributed by atoms with Gasteiger partial charge < -0.3 is 14.7 Å². The number of amides is 1. The Balaban J connectivity index is 1.76. The lowest BCUT2D eigenvalue weighted by Crippen LogP contribution is -2.38. The van der Waals surface area contributed by atoms with Crippen LogP contribution >= 0.6 is 0 Å². The van der Waals surface area contributed by atoms with Gasteiger partial charge in [-0.3, -0.25) is 4.79 Å². The zero-order chi connectivity index (χ0) is 13.7. The van der Waals surface area contributed by atoms with Crippen LogP contribution < -0.4 is 4.74 Å². The number of carbonyl (C=O) groups excluding carboxylic acids is 1. The molecule has 0 bridgehead atoms. The van der Waals surface area contributed by atoms with E-state index in [1.165, 1.54) is 24.3 Å². The molecule has 0 radical (unpaired) electrons. The number of likely N-dealkylation sites (tertiary alicyclic amines) is 1. The number of ether oxygens (including phenoxy) is 1. The maximum Gasteiger partial charge on any atom is 0.226 e. The topological polar surface area (TPSA) is 49.8 Å². The molecule has 1 aliphatic rings. The monoisotopic (exact) mass is 267 g/mol. The van der Waals surface area contributed by atoms with Gasteiger partial charge >= 0.3 is 0 Å². The van der Waals surface area contributed by atoms with Crippen molar-refractivity contribution < 1.29 is 19.0 Å². The van der Waals surface area contributed by atoms with Crippen molar-refractivity contribution in [3.63, 3.8) is 0 Å². The van der Waals surface area contributed by atoms with E-state index in [1.54, 1.807) is 4.90 Å². The third-order valence-electron chi connectivity index (χ3n) is 3.31. The van der Waals surface area contributed by atoms with Crippen molar-refractivity contribution in [1.82, 2.24) is 4.90 Å². The molecule has 1 N–H and O–H groups in total. The van der Waals surface area contributed by atoms with Crippen molar-refractivity contribution in [1.29, 1.82) is 0 Å². The number of halogens is 1. The van der Waals surface area contributed by atoms with E-state index in [1.807, 2.05) is 0 Å². The van der Waals surface area contributed by atoms with E-state index >= 15 is 0 Å². The number of nitrogens with zero attached hydrogens (tertiary/aromatic N) is 1. The molecule has 1 heterocycles. The highest BCUT2D eigenvalue weighted by Gasteiger charge is 2.27. The smallest absolute Gasteiger partial charge is 0.226 e. The van der Waals surface area contributed by atoms with Gasteiger partial charge in [-0.1, -0.05) is 0 Å². The number of carbonyl (C=O) groups is 1. The Kier molecular flexibility index (Phi) is 4.74. The van der Waals surface area contributed by atoms with Gasteiger partial charge in [0.15, 0.2) is 0 Å². The van der Waals surface area contributed by atoms with Crippen molar-refractivity contribution in [3.05, 3.63) is 30.1 Å². The van der Waals surface area contributed by atoms with Crippen LogP contribution in [0.4, 0.5) is 4.39 Å². The molecule has 1 aromatic rings. The van der Waals surface area contributed by atoms with E-state index in [0.717, 1.165) is 12.8 Å². The molecule has 0 aromatic heterocycles. The molecule has 1 saturated heterocycles. The second kappa shape index (κ2) is 6.52. The predicted octanol–water partition coefficient (Wildman–Crippen LogP) is 1.58. The van der Waals surface area contributed by atoms with Crippen LogP contribution in [0.1, 0.15) is 19.3 Å². The van der Waals surface area contributed by atoms with E-state index in [4.69, 9.17) is 9.84 Å². The van der Waals surface area contributed by atoms with Gasteiger partial charge in [-0.15, -0.1) is 0 Å². The quantitative estimate of drug-likeness (QED) is 0.881. The molecule has 104 valence electrons. The van der Waals surface area contributed by atoms with Gasteiger partial charge in [0.25, 0.3) is 0 Å². The zero-order valence-electron chi connectivity index (χ0n) is 10.7. The van der Waals surface area contributed by atoms with Crippen molar-refractivity contribution in [3.8, 4) is 5.75 Å². The summed E-state index contributed by atoms with van der Waals surface area (Å²) in [6, 6.07) is 5.66. The van der Waals surface area contributed by atoms with Gasteiger partial charge in [-0.25, -0.2) is 4.39 Å². The molecule has 0 aliphatic carbocycles. The Morgan fingerprint density at radius 2 is 2.16 bits per heavy atom. The molecule has 1 aliphatic heterocycles. The van der Waals surface area contributed by atoms with E-state index in [9.17, 15) is 9.18 Å². The molecule has 2 rings (SSSR count). The van der Waals surface area contributed by atoms with Gasteiger partial charge in [0.1, 0.15) is 11.6 Å². The molecule has 1 atom stereocenters. The summed E-state index contributed by atoms with van der Waals surface area (Å²) in [5.74, 6) is 0.235. The summed E-state index contributed by atoms with van der Waals surface area (Å²) < 4.78 is 18.1. The molecule has 1 fully saturated rings. The fraction of sp³-hybridized carbons (Fsp3) is 0.500. The van der Waals surface area contributed by atoms with Gasteiger partial charge in [0.05, 0.1) is 25.7 Å². The number of benzene rings is 1. The first kappa shape index (κ1) is 13.8. The zero-order valence-corrected chi connectivity index (χ0v) is 10.7. The Morgan fingerprint density at radius 1 is 1.42 bits per heavy atom. The first-order chi connectivity index (χ1) is 9.20. The predicted molar refractivity (Wildman–Crippen MR) is 68.3 cm³/mol. The highest BCUT2D eigenvalue weighted by molar-refractivity contribution is 5.77. The highest BCUT2D eigenvalue weighted by Crippen LogP contribution is 2.18. The lowest BCUT2D eigenvalue weighted by molar-refractivity contribution is -0.133. The maximum absolute atomic E-state index is 12.7. The fourth-order valence-electron chi connectivity index (χ4n) is 2.28. The molecule has 1 amide bonds. The molecule has 19 heavy (non-hydrogen) atoms. The normalized spacial score (nSPS) is 18.6. The molecule has 0 spiro atoms. The Morgan fingerprint density at radius 3 is 2.84 bits per heavy atom. The third-order valence-corrected chi connectivity index (χ3v) is 3.31. The first-order valence-electron chi connectivity index (χ1n) is 6.49. The number of aliphatic hydroxyl groups is 1. The van der Waals surface area contributed by atoms with Crippen LogP contribution in [0, 0.1) is 5.82 Å². The highest BCUT2D eigenvalue weighted by atomic mass is 19.1. The summed E-state index contributed by atoms with van der Waals surface area (Å²) in [4.78, 5) is 13.7. The van der Waals surface area contributed by atoms with E-state index in [0.29, 0.717) is 12.3 Å². The van der Waals surface area contributed by atoms with Crippen LogP contribution in [0.25, 0.3) is 0 Å². The van der Waals surface area contributed by atoms with Crippen molar-refractivity contribution in [2.24, 2.45) is 0 Å². The van der Waals surface area contributed by atoms with Crippen LogP contribution in [0.2, 0.25) is 0 Å². The van der Waals surface area contributed by atoms with Crippen LogP contribution in [-0.4, -0.2) is 41.7 Å². The lowest BCUT2D eigenvalue weighted by Gasteiger charge is -2.23. The summed E-state index contributed by atoms with van der Waals surface area (Å²) in [6.07, 6.45) is 2.07. The average molecular weight is 267 g/mol. The van der Waals surface area contributed by atoms with Crippen LogP contribution in [0.5, 0.6) is 5.75 Å². The molecule has 0 saturated carbocycles. The molecule has 1 aromatic carbocycles. The van der Waals surface area contributed by atoms with Gasteiger partial charge in [-0.05, 0) is 37.1 Å². The van der Waals surface area contributed by atoms with Gasteiger partial charge in [0, 0.05) is 6.54 Å². The summed E-state index contributed by atoms with van der Waals surface area (Å²) in [6.45, 7) is 0.990. The summed E-state index contributed by atoms with van der Waals surface area (Å²) >= 11 is 0. The fourth-order valence-corrected chi connectivity index (χ4v) is 2.28. The SMILES string of the molecule is O=C(CCOc1ccc(F)cc1)N1CCCC1CO. The minimum absolute atomic E-state index is 0.00124. The largest absolute Gasteiger partial charge is 0.493 e. The third kappa shape index (κ3) is 3.67. The number of hydrogen-bond donors (Lipinski definition) is 1. The average Bonchev–Trinajstić information content (AvgIpc) is 2.89. The Labute approximate surface area is 111 Å². The van der Waals surface area contributed by atoms with E-state index in [-0.39, 0.29) is 37.4 Å². The second-order valence-corrected chi connectivity index (χ2v) is 4.62. The molecule has 4 nitrogen and oxygen atoms in total. The van der Waals surface area contributed by atoms with E-state index < -0.39 is 0 Å². The summed E-state index contributed by atoms with van der Waals surface area (Å²) in [5, 5.41) is 9.15. The standard InChI is InChI=1S/C14H18FNO3/c15-11-3-5-13(6-4-11)19-9-7-14(18)16-8-1-2-12(16)10-17/h3-6,12,17H,1-2,7-10H2. The lowest BCUT2D eigenvalue weighted by atomic mass is 10.2. The van der Waals surface area contributed by atoms with Gasteiger partial charge in [0.2, 0.25) is 5.91 Å². The first-order valence-corrected chi connectivity index (χ1v) is 6.49. The van der Waals surface area contributed by atoms with Crippen LogP contribution in [-0.2, 0) is 4.79 Å².